The van der Waals surface area contributed by atoms with Crippen LogP contribution in [0.3, 0.4) is 0 Å². The Morgan fingerprint density at radius 2 is 2.12 bits per heavy atom. The Bertz CT molecular complexity index is 1180. The summed E-state index contributed by atoms with van der Waals surface area (Å²) in [7, 11) is 0. The summed E-state index contributed by atoms with van der Waals surface area (Å²) in [5.74, 6) is -0.961. The van der Waals surface area contributed by atoms with E-state index < -0.39 is 11.6 Å². The highest BCUT2D eigenvalue weighted by Gasteiger charge is 2.30. The lowest BCUT2D eigenvalue weighted by Crippen LogP contribution is -2.45. The minimum atomic E-state index is -0.553. The SMILES string of the molecule is O=CN(OC[C@@H]1CCCN1C(=O)NCc1cccc(F)c1Cl)c1cc(-c2cccc(F)c2)no1. The minimum absolute atomic E-state index is 0.0176. The van der Waals surface area contributed by atoms with Crippen molar-refractivity contribution in [3.63, 3.8) is 0 Å². The number of amides is 3. The van der Waals surface area contributed by atoms with Crippen LogP contribution in [-0.4, -0.2) is 41.7 Å². The van der Waals surface area contributed by atoms with Crippen molar-refractivity contribution < 1.29 is 27.7 Å². The number of hydrogen-bond acceptors (Lipinski definition) is 5. The maximum atomic E-state index is 13.6. The van der Waals surface area contributed by atoms with E-state index in [9.17, 15) is 18.4 Å². The molecule has 4 rings (SSSR count). The van der Waals surface area contributed by atoms with Gasteiger partial charge in [-0.25, -0.2) is 13.6 Å². The Kier molecular flexibility index (Phi) is 7.39. The normalized spacial score (nSPS) is 15.4. The standard InChI is InChI=1S/C23H21ClF2N4O4/c24-22-16(5-2-8-19(22)26)12-27-23(32)29-9-3-7-18(29)13-33-30(14-31)21-11-20(28-34-21)15-4-1-6-17(25)10-15/h1-2,4-6,8,10-11,14,18H,3,7,9,12-13H2,(H,27,32)/t18-/m0/s1. The Labute approximate surface area is 199 Å². The molecule has 8 nitrogen and oxygen atoms in total. The molecule has 2 aromatic carbocycles. The smallest absolute Gasteiger partial charge is 0.317 e. The van der Waals surface area contributed by atoms with Crippen LogP contribution in [-0.2, 0) is 16.2 Å². The van der Waals surface area contributed by atoms with Gasteiger partial charge >= 0.3 is 6.03 Å². The van der Waals surface area contributed by atoms with Crippen molar-refractivity contribution >= 4 is 29.9 Å². The van der Waals surface area contributed by atoms with Crippen LogP contribution >= 0.6 is 11.6 Å². The van der Waals surface area contributed by atoms with Gasteiger partial charge in [0.05, 0.1) is 17.7 Å². The zero-order valence-corrected chi connectivity index (χ0v) is 18.7. The third kappa shape index (κ3) is 5.35. The summed E-state index contributed by atoms with van der Waals surface area (Å²) in [4.78, 5) is 31.4. The predicted octanol–water partition coefficient (Wildman–Crippen LogP) is 4.54. The molecule has 3 aromatic rings. The van der Waals surface area contributed by atoms with Crippen molar-refractivity contribution in [2.45, 2.75) is 25.4 Å². The number of carbonyl (C=O) groups is 2. The first-order valence-corrected chi connectivity index (χ1v) is 10.9. The first kappa shape index (κ1) is 23.7. The quantitative estimate of drug-likeness (QED) is 0.370. The molecule has 0 unspecified atom stereocenters. The van der Waals surface area contributed by atoms with Crippen LogP contribution in [0.25, 0.3) is 11.3 Å². The molecule has 0 spiro atoms. The fraction of sp³-hybridized carbons (Fsp3) is 0.261. The van der Waals surface area contributed by atoms with Crippen LogP contribution in [0.1, 0.15) is 18.4 Å². The van der Waals surface area contributed by atoms with Crippen molar-refractivity contribution in [3.8, 4) is 11.3 Å². The predicted molar refractivity (Wildman–Crippen MR) is 120 cm³/mol. The number of urea groups is 1. The molecule has 1 aliphatic rings. The van der Waals surface area contributed by atoms with E-state index >= 15 is 0 Å². The fourth-order valence-corrected chi connectivity index (χ4v) is 3.89. The van der Waals surface area contributed by atoms with E-state index in [1.54, 1.807) is 17.0 Å². The van der Waals surface area contributed by atoms with Crippen LogP contribution in [0, 0.1) is 11.6 Å². The molecule has 0 saturated carbocycles. The lowest BCUT2D eigenvalue weighted by molar-refractivity contribution is -0.115. The molecule has 1 atom stereocenters. The summed E-state index contributed by atoms with van der Waals surface area (Å²) in [6, 6.07) is 11.0. The molecule has 0 bridgehead atoms. The van der Waals surface area contributed by atoms with E-state index in [2.05, 4.69) is 10.5 Å². The first-order chi connectivity index (χ1) is 16.5. The molecule has 1 saturated heterocycles. The second-order valence-corrected chi connectivity index (χ2v) is 8.03. The molecule has 11 heteroatoms. The van der Waals surface area contributed by atoms with Crippen LogP contribution in [0.15, 0.2) is 53.1 Å². The third-order valence-corrected chi connectivity index (χ3v) is 5.86. The van der Waals surface area contributed by atoms with Crippen molar-refractivity contribution in [2.24, 2.45) is 0 Å². The second kappa shape index (κ2) is 10.6. The topological polar surface area (TPSA) is 87.9 Å². The summed E-state index contributed by atoms with van der Waals surface area (Å²) in [6.07, 6.45) is 1.85. The number of hydroxylamine groups is 1. The number of rotatable bonds is 8. The minimum Gasteiger partial charge on any atom is -0.335 e. The van der Waals surface area contributed by atoms with Gasteiger partial charge in [0.2, 0.25) is 6.41 Å². The van der Waals surface area contributed by atoms with Crippen molar-refractivity contribution in [2.75, 3.05) is 18.2 Å². The zero-order valence-electron chi connectivity index (χ0n) is 17.9. The molecular formula is C23H21ClF2N4O4. The molecular weight excluding hydrogens is 470 g/mol. The van der Waals surface area contributed by atoms with Crippen LogP contribution in [0.4, 0.5) is 19.5 Å². The second-order valence-electron chi connectivity index (χ2n) is 7.65. The van der Waals surface area contributed by atoms with Gasteiger partial charge in [-0.1, -0.05) is 41.0 Å². The molecule has 1 N–H and O–H groups in total. The number of nitrogens with one attached hydrogen (secondary N) is 1. The highest BCUT2D eigenvalue weighted by molar-refractivity contribution is 6.31. The van der Waals surface area contributed by atoms with Crippen LogP contribution in [0.2, 0.25) is 5.02 Å². The molecule has 1 fully saturated rings. The Morgan fingerprint density at radius 1 is 1.29 bits per heavy atom. The Balaban J connectivity index is 1.35. The van der Waals surface area contributed by atoms with E-state index in [0.29, 0.717) is 36.2 Å². The Morgan fingerprint density at radius 3 is 2.91 bits per heavy atom. The van der Waals surface area contributed by atoms with E-state index in [4.69, 9.17) is 21.0 Å². The highest BCUT2D eigenvalue weighted by Crippen LogP contribution is 2.25. The number of halogens is 3. The van der Waals surface area contributed by atoms with E-state index in [1.807, 2.05) is 0 Å². The van der Waals surface area contributed by atoms with Gasteiger partial charge in [-0.3, -0.25) is 9.63 Å². The monoisotopic (exact) mass is 490 g/mol. The van der Waals surface area contributed by atoms with E-state index in [-0.39, 0.29) is 36.1 Å². The van der Waals surface area contributed by atoms with Gasteiger partial charge in [0, 0.05) is 24.7 Å². The molecule has 178 valence electrons. The van der Waals surface area contributed by atoms with Gasteiger partial charge in [0.1, 0.15) is 17.3 Å². The number of nitrogens with zero attached hydrogens (tertiary/aromatic N) is 3. The summed E-state index contributed by atoms with van der Waals surface area (Å²) in [5, 5.41) is 7.43. The van der Waals surface area contributed by atoms with Gasteiger partial charge in [-0.15, -0.1) is 0 Å². The van der Waals surface area contributed by atoms with Crippen LogP contribution in [0.5, 0.6) is 0 Å². The molecule has 3 amide bonds. The number of benzene rings is 2. The lowest BCUT2D eigenvalue weighted by Gasteiger charge is -2.26. The molecule has 2 heterocycles. The number of hydrogen-bond donors (Lipinski definition) is 1. The summed E-state index contributed by atoms with van der Waals surface area (Å²) >= 11 is 5.94. The lowest BCUT2D eigenvalue weighted by atomic mass is 10.1. The molecule has 34 heavy (non-hydrogen) atoms. The molecule has 0 radical (unpaired) electrons. The number of anilines is 1. The van der Waals surface area contributed by atoms with E-state index in [1.165, 1.54) is 36.4 Å². The van der Waals surface area contributed by atoms with Crippen molar-refractivity contribution in [3.05, 3.63) is 70.8 Å². The fourth-order valence-electron chi connectivity index (χ4n) is 3.70. The summed E-state index contributed by atoms with van der Waals surface area (Å²) in [6.45, 7) is 0.605. The zero-order chi connectivity index (χ0) is 24.1. The van der Waals surface area contributed by atoms with E-state index in [0.717, 1.165) is 11.5 Å². The van der Waals surface area contributed by atoms with Crippen molar-refractivity contribution in [1.82, 2.24) is 15.4 Å². The molecule has 1 aromatic heterocycles. The van der Waals surface area contributed by atoms with Crippen molar-refractivity contribution in [1.29, 1.82) is 0 Å². The first-order valence-electron chi connectivity index (χ1n) is 10.5. The van der Waals surface area contributed by atoms with Gasteiger partial charge in [0.25, 0.3) is 5.88 Å². The Hall–Kier alpha value is -3.50. The molecule has 1 aliphatic heterocycles. The number of likely N-dealkylation sites (tertiary alicyclic amines) is 1. The van der Waals surface area contributed by atoms with Gasteiger partial charge < -0.3 is 14.7 Å². The number of carbonyl (C=O) groups excluding carboxylic acids is 2. The van der Waals surface area contributed by atoms with Gasteiger partial charge in [-0.05, 0) is 36.6 Å². The summed E-state index contributed by atoms with van der Waals surface area (Å²) in [5.41, 5.74) is 1.29. The van der Waals surface area contributed by atoms with Gasteiger partial charge in [0.15, 0.2) is 0 Å². The maximum Gasteiger partial charge on any atom is 0.317 e. The van der Waals surface area contributed by atoms with Crippen LogP contribution < -0.4 is 10.4 Å². The number of aromatic nitrogens is 1. The third-order valence-electron chi connectivity index (χ3n) is 5.44. The average molecular weight is 491 g/mol. The highest BCUT2D eigenvalue weighted by atomic mass is 35.5. The van der Waals surface area contributed by atoms with Gasteiger partial charge in [-0.2, -0.15) is 5.06 Å². The summed E-state index contributed by atoms with van der Waals surface area (Å²) < 4.78 is 32.2. The average Bonchev–Trinajstić information content (AvgIpc) is 3.51. The molecule has 0 aliphatic carbocycles. The maximum absolute atomic E-state index is 13.6. The largest absolute Gasteiger partial charge is 0.335 e.